The fourth-order valence-electron chi connectivity index (χ4n) is 0.999. The Bertz CT molecular complexity index is 416. The molecular formula is C9H14N2O4S. The van der Waals surface area contributed by atoms with E-state index in [2.05, 4.69) is 9.44 Å². The van der Waals surface area contributed by atoms with Crippen LogP contribution in [0.4, 0.5) is 5.69 Å². The molecule has 0 aliphatic heterocycles. The predicted octanol–water partition coefficient (Wildman–Crippen LogP) is 0.285. The van der Waals surface area contributed by atoms with Gasteiger partial charge >= 0.3 is 0 Å². The van der Waals surface area contributed by atoms with Crippen LogP contribution >= 0.6 is 0 Å². The molecule has 0 aliphatic rings. The second-order valence-electron chi connectivity index (χ2n) is 3.04. The number of aromatic hydroxyl groups is 1. The number of phenolic OH excluding ortho intramolecular Hbond substituents is 1. The van der Waals surface area contributed by atoms with E-state index in [-0.39, 0.29) is 12.3 Å². The highest BCUT2D eigenvalue weighted by molar-refractivity contribution is 7.90. The van der Waals surface area contributed by atoms with Gasteiger partial charge in [0, 0.05) is 19.3 Å². The Morgan fingerprint density at radius 1 is 1.31 bits per heavy atom. The summed E-state index contributed by atoms with van der Waals surface area (Å²) >= 11 is 0. The van der Waals surface area contributed by atoms with Crippen molar-refractivity contribution in [1.29, 1.82) is 0 Å². The Hall–Kier alpha value is -1.31. The first-order valence-electron chi connectivity index (χ1n) is 4.59. The molecule has 3 N–H and O–H groups in total. The van der Waals surface area contributed by atoms with Gasteiger partial charge in [0.15, 0.2) is 0 Å². The third kappa shape index (κ3) is 4.47. The van der Waals surface area contributed by atoms with Crippen LogP contribution in [0, 0.1) is 0 Å². The number of benzene rings is 1. The van der Waals surface area contributed by atoms with Crippen LogP contribution in [-0.2, 0) is 14.9 Å². The molecule has 0 heterocycles. The molecule has 0 atom stereocenters. The number of hydrogen-bond donors (Lipinski definition) is 3. The lowest BCUT2D eigenvalue weighted by atomic mass is 10.3. The molecule has 0 aliphatic carbocycles. The van der Waals surface area contributed by atoms with E-state index < -0.39 is 10.2 Å². The zero-order chi connectivity index (χ0) is 12.0. The highest BCUT2D eigenvalue weighted by atomic mass is 32.2. The Kier molecular flexibility index (Phi) is 4.53. The number of ether oxygens (including phenoxy) is 1. The van der Waals surface area contributed by atoms with Crippen LogP contribution in [0.15, 0.2) is 24.3 Å². The first-order chi connectivity index (χ1) is 7.53. The van der Waals surface area contributed by atoms with Gasteiger partial charge in [0.2, 0.25) is 0 Å². The van der Waals surface area contributed by atoms with Crippen LogP contribution in [0.5, 0.6) is 5.75 Å². The molecule has 1 aromatic rings. The summed E-state index contributed by atoms with van der Waals surface area (Å²) in [6.45, 7) is 0.500. The number of nitrogens with one attached hydrogen (secondary N) is 2. The fraction of sp³-hybridized carbons (Fsp3) is 0.333. The van der Waals surface area contributed by atoms with Gasteiger partial charge in [-0.1, -0.05) is 0 Å². The summed E-state index contributed by atoms with van der Waals surface area (Å²) in [6, 6.07) is 5.72. The molecule has 7 heteroatoms. The van der Waals surface area contributed by atoms with Crippen LogP contribution in [0.25, 0.3) is 0 Å². The number of rotatable bonds is 6. The van der Waals surface area contributed by atoms with Crippen LogP contribution in [0.2, 0.25) is 0 Å². The summed E-state index contributed by atoms with van der Waals surface area (Å²) in [4.78, 5) is 0. The molecule has 0 spiro atoms. The van der Waals surface area contributed by atoms with Gasteiger partial charge in [0.05, 0.1) is 6.61 Å². The van der Waals surface area contributed by atoms with Crippen molar-refractivity contribution in [1.82, 2.24) is 4.72 Å². The van der Waals surface area contributed by atoms with E-state index in [4.69, 9.17) is 9.84 Å². The zero-order valence-corrected chi connectivity index (χ0v) is 9.62. The van der Waals surface area contributed by atoms with Gasteiger partial charge in [-0.3, -0.25) is 4.72 Å². The molecule has 90 valence electrons. The molecule has 0 bridgehead atoms. The Morgan fingerprint density at radius 2 is 1.94 bits per heavy atom. The lowest BCUT2D eigenvalue weighted by Gasteiger charge is -2.08. The van der Waals surface area contributed by atoms with E-state index >= 15 is 0 Å². The van der Waals surface area contributed by atoms with Gasteiger partial charge in [-0.15, -0.1) is 0 Å². The maximum absolute atomic E-state index is 11.4. The van der Waals surface area contributed by atoms with Gasteiger partial charge in [0.1, 0.15) is 5.75 Å². The molecule has 0 unspecified atom stereocenters. The van der Waals surface area contributed by atoms with Crippen LogP contribution in [-0.4, -0.2) is 33.8 Å². The Morgan fingerprint density at radius 3 is 2.50 bits per heavy atom. The van der Waals surface area contributed by atoms with Crippen molar-refractivity contribution in [3.8, 4) is 5.75 Å². The van der Waals surface area contributed by atoms with E-state index in [1.54, 1.807) is 0 Å². The summed E-state index contributed by atoms with van der Waals surface area (Å²) < 4.78 is 32.1. The maximum atomic E-state index is 11.4. The third-order valence-electron chi connectivity index (χ3n) is 1.72. The summed E-state index contributed by atoms with van der Waals surface area (Å²) in [5.74, 6) is 0.0790. The van der Waals surface area contributed by atoms with Crippen LogP contribution < -0.4 is 9.44 Å². The van der Waals surface area contributed by atoms with Gasteiger partial charge in [0.25, 0.3) is 10.2 Å². The first-order valence-corrected chi connectivity index (χ1v) is 6.07. The van der Waals surface area contributed by atoms with Gasteiger partial charge in [-0.05, 0) is 24.3 Å². The van der Waals surface area contributed by atoms with Crippen molar-refractivity contribution < 1.29 is 18.3 Å². The van der Waals surface area contributed by atoms with E-state index in [0.717, 1.165) is 0 Å². The number of phenols is 1. The summed E-state index contributed by atoms with van der Waals surface area (Å²) in [5.41, 5.74) is 0.378. The molecular weight excluding hydrogens is 232 g/mol. The fourth-order valence-corrected chi connectivity index (χ4v) is 1.87. The Labute approximate surface area is 94.4 Å². The van der Waals surface area contributed by atoms with Crippen molar-refractivity contribution in [2.45, 2.75) is 0 Å². The van der Waals surface area contributed by atoms with Gasteiger partial charge < -0.3 is 9.84 Å². The predicted molar refractivity (Wildman–Crippen MR) is 60.5 cm³/mol. The zero-order valence-electron chi connectivity index (χ0n) is 8.80. The SMILES string of the molecule is COCCNS(=O)(=O)Nc1ccc(O)cc1. The lowest BCUT2D eigenvalue weighted by Crippen LogP contribution is -2.32. The van der Waals surface area contributed by atoms with Crippen molar-refractivity contribution in [2.75, 3.05) is 25.0 Å². The monoisotopic (exact) mass is 246 g/mol. The second-order valence-corrected chi connectivity index (χ2v) is 4.54. The number of hydrogen-bond acceptors (Lipinski definition) is 4. The van der Waals surface area contributed by atoms with Gasteiger partial charge in [-0.2, -0.15) is 13.1 Å². The summed E-state index contributed by atoms with van der Waals surface area (Å²) in [7, 11) is -2.09. The van der Waals surface area contributed by atoms with E-state index in [0.29, 0.717) is 12.3 Å². The first kappa shape index (κ1) is 12.8. The smallest absolute Gasteiger partial charge is 0.299 e. The van der Waals surface area contributed by atoms with Crippen LogP contribution in [0.3, 0.4) is 0 Å². The minimum absolute atomic E-state index is 0.0790. The molecule has 0 saturated carbocycles. The minimum atomic E-state index is -3.58. The summed E-state index contributed by atoms with van der Waals surface area (Å²) in [6.07, 6.45) is 0. The molecule has 1 aromatic carbocycles. The highest BCUT2D eigenvalue weighted by Crippen LogP contribution is 2.14. The highest BCUT2D eigenvalue weighted by Gasteiger charge is 2.08. The molecule has 0 fully saturated rings. The topological polar surface area (TPSA) is 87.7 Å². The van der Waals surface area contributed by atoms with Crippen molar-refractivity contribution in [3.05, 3.63) is 24.3 Å². The van der Waals surface area contributed by atoms with Gasteiger partial charge in [-0.25, -0.2) is 0 Å². The lowest BCUT2D eigenvalue weighted by molar-refractivity contribution is 0.204. The Balaban J connectivity index is 2.55. The number of methoxy groups -OCH3 is 1. The third-order valence-corrected chi connectivity index (χ3v) is 2.81. The molecule has 1 rings (SSSR count). The van der Waals surface area contributed by atoms with Crippen molar-refractivity contribution >= 4 is 15.9 Å². The van der Waals surface area contributed by atoms with E-state index in [1.807, 2.05) is 0 Å². The molecule has 6 nitrogen and oxygen atoms in total. The molecule has 0 aromatic heterocycles. The van der Waals surface area contributed by atoms with E-state index in [1.165, 1.54) is 31.4 Å². The molecule has 0 saturated heterocycles. The largest absolute Gasteiger partial charge is 0.508 e. The second kappa shape index (κ2) is 5.69. The molecule has 0 radical (unpaired) electrons. The quantitative estimate of drug-likeness (QED) is 0.497. The summed E-state index contributed by atoms with van der Waals surface area (Å²) in [5, 5.41) is 9.02. The van der Waals surface area contributed by atoms with Crippen LogP contribution in [0.1, 0.15) is 0 Å². The average molecular weight is 246 g/mol. The number of anilines is 1. The standard InChI is InChI=1S/C9H14N2O4S/c1-15-7-6-10-16(13,14)11-8-2-4-9(12)5-3-8/h2-5,10-12H,6-7H2,1H3. The van der Waals surface area contributed by atoms with Crippen molar-refractivity contribution in [2.24, 2.45) is 0 Å². The average Bonchev–Trinajstić information content (AvgIpc) is 2.21. The van der Waals surface area contributed by atoms with E-state index in [9.17, 15) is 8.42 Å². The molecule has 16 heavy (non-hydrogen) atoms. The maximum Gasteiger partial charge on any atom is 0.299 e. The normalized spacial score (nSPS) is 11.3. The minimum Gasteiger partial charge on any atom is -0.508 e. The van der Waals surface area contributed by atoms with Crippen molar-refractivity contribution in [3.63, 3.8) is 0 Å². The molecule has 0 amide bonds.